The van der Waals surface area contributed by atoms with E-state index in [1.807, 2.05) is 25.2 Å². The Morgan fingerprint density at radius 1 is 1.42 bits per heavy atom. The lowest BCUT2D eigenvalue weighted by molar-refractivity contribution is 0.0793. The minimum Gasteiger partial charge on any atom is -0.383 e. The molecule has 5 heteroatoms. The number of nitrogens with zero attached hydrogens (tertiary/aromatic N) is 3. The Bertz CT molecular complexity index is 558. The number of nitrogen functional groups attached to an aromatic ring is 1. The Kier molecular flexibility index (Phi) is 3.21. The molecule has 0 spiro atoms. The Balaban J connectivity index is 2.07. The van der Waals surface area contributed by atoms with Crippen LogP contribution in [0.15, 0.2) is 24.4 Å². The first-order chi connectivity index (χ1) is 9.27. The zero-order valence-corrected chi connectivity index (χ0v) is 11.0. The fourth-order valence-electron chi connectivity index (χ4n) is 2.57. The summed E-state index contributed by atoms with van der Waals surface area (Å²) in [5, 5.41) is 4.58. The highest BCUT2D eigenvalue weighted by atomic mass is 16.5. The third-order valence-electron chi connectivity index (χ3n) is 3.59. The SMILES string of the molecule is Cn1nc(C2CCCOC2)c(-c2ccccn2)c1N. The zero-order valence-electron chi connectivity index (χ0n) is 11.0. The van der Waals surface area contributed by atoms with Gasteiger partial charge in [-0.15, -0.1) is 0 Å². The van der Waals surface area contributed by atoms with Gasteiger partial charge in [-0.05, 0) is 25.0 Å². The molecule has 5 nitrogen and oxygen atoms in total. The summed E-state index contributed by atoms with van der Waals surface area (Å²) in [5.74, 6) is 0.980. The molecular formula is C14H18N4O. The van der Waals surface area contributed by atoms with E-state index in [1.54, 1.807) is 10.9 Å². The predicted molar refractivity (Wildman–Crippen MR) is 73.6 cm³/mol. The van der Waals surface area contributed by atoms with Crippen molar-refractivity contribution in [1.29, 1.82) is 0 Å². The van der Waals surface area contributed by atoms with Gasteiger partial charge < -0.3 is 10.5 Å². The molecule has 0 amide bonds. The first-order valence-corrected chi connectivity index (χ1v) is 6.59. The lowest BCUT2D eigenvalue weighted by Gasteiger charge is -2.21. The number of hydrogen-bond donors (Lipinski definition) is 1. The van der Waals surface area contributed by atoms with Crippen molar-refractivity contribution in [3.8, 4) is 11.3 Å². The highest BCUT2D eigenvalue weighted by Crippen LogP contribution is 2.35. The Morgan fingerprint density at radius 2 is 2.32 bits per heavy atom. The van der Waals surface area contributed by atoms with Gasteiger partial charge in [0.1, 0.15) is 5.82 Å². The lowest BCUT2D eigenvalue weighted by atomic mass is 9.94. The summed E-state index contributed by atoms with van der Waals surface area (Å²) < 4.78 is 7.30. The van der Waals surface area contributed by atoms with Crippen LogP contribution < -0.4 is 5.73 Å². The Hall–Kier alpha value is -1.88. The summed E-state index contributed by atoms with van der Waals surface area (Å²) in [6.07, 6.45) is 3.95. The quantitative estimate of drug-likeness (QED) is 0.894. The van der Waals surface area contributed by atoms with Crippen LogP contribution in [-0.4, -0.2) is 28.0 Å². The molecule has 3 rings (SSSR count). The standard InChI is InChI=1S/C14H18N4O/c1-18-14(15)12(11-6-2-3-7-16-11)13(17-18)10-5-4-8-19-9-10/h2-3,6-7,10H,4-5,8-9,15H2,1H3. The summed E-state index contributed by atoms with van der Waals surface area (Å²) in [4.78, 5) is 4.40. The molecule has 1 atom stereocenters. The van der Waals surface area contributed by atoms with E-state index in [0.717, 1.165) is 43.0 Å². The Labute approximate surface area is 112 Å². The van der Waals surface area contributed by atoms with Crippen LogP contribution in [0.4, 0.5) is 5.82 Å². The van der Waals surface area contributed by atoms with Gasteiger partial charge in [-0.1, -0.05) is 6.07 Å². The lowest BCUT2D eigenvalue weighted by Crippen LogP contribution is -2.16. The molecule has 1 fully saturated rings. The number of aryl methyl sites for hydroxylation is 1. The second kappa shape index (κ2) is 5.01. The summed E-state index contributed by atoms with van der Waals surface area (Å²) in [7, 11) is 1.87. The topological polar surface area (TPSA) is 66.0 Å². The highest BCUT2D eigenvalue weighted by Gasteiger charge is 2.25. The van der Waals surface area contributed by atoms with Crippen LogP contribution in [0.1, 0.15) is 24.5 Å². The third-order valence-corrected chi connectivity index (χ3v) is 3.59. The van der Waals surface area contributed by atoms with Crippen LogP contribution in [0.2, 0.25) is 0 Å². The molecule has 0 bridgehead atoms. The van der Waals surface area contributed by atoms with Crippen LogP contribution in [-0.2, 0) is 11.8 Å². The van der Waals surface area contributed by atoms with Gasteiger partial charge in [-0.25, -0.2) is 0 Å². The molecule has 2 N–H and O–H groups in total. The first-order valence-electron chi connectivity index (χ1n) is 6.59. The largest absolute Gasteiger partial charge is 0.383 e. The van der Waals surface area contributed by atoms with E-state index in [-0.39, 0.29) is 0 Å². The van der Waals surface area contributed by atoms with E-state index in [0.29, 0.717) is 11.7 Å². The third kappa shape index (κ3) is 2.21. The molecule has 2 aromatic rings. The van der Waals surface area contributed by atoms with Gasteiger partial charge in [0.05, 0.1) is 23.6 Å². The number of nitrogens with two attached hydrogens (primary N) is 1. The number of anilines is 1. The van der Waals surface area contributed by atoms with Crippen LogP contribution in [0.25, 0.3) is 11.3 Å². The van der Waals surface area contributed by atoms with Gasteiger partial charge >= 0.3 is 0 Å². The average Bonchev–Trinajstić information content (AvgIpc) is 2.77. The van der Waals surface area contributed by atoms with Gasteiger partial charge in [0.15, 0.2) is 0 Å². The molecular weight excluding hydrogens is 240 g/mol. The molecule has 1 saturated heterocycles. The van der Waals surface area contributed by atoms with E-state index in [2.05, 4.69) is 10.1 Å². The minimum atomic E-state index is 0.314. The normalized spacial score (nSPS) is 19.5. The van der Waals surface area contributed by atoms with E-state index in [1.165, 1.54) is 0 Å². The van der Waals surface area contributed by atoms with E-state index >= 15 is 0 Å². The smallest absolute Gasteiger partial charge is 0.131 e. The number of hydrogen-bond acceptors (Lipinski definition) is 4. The molecule has 0 saturated carbocycles. The Morgan fingerprint density at radius 3 is 3.00 bits per heavy atom. The second-order valence-corrected chi connectivity index (χ2v) is 4.90. The number of pyridine rings is 1. The summed E-state index contributed by atoms with van der Waals surface area (Å²) >= 11 is 0. The van der Waals surface area contributed by atoms with Crippen molar-refractivity contribution < 1.29 is 4.74 Å². The molecule has 1 aliphatic rings. The van der Waals surface area contributed by atoms with E-state index < -0.39 is 0 Å². The maximum atomic E-state index is 6.16. The molecule has 19 heavy (non-hydrogen) atoms. The van der Waals surface area contributed by atoms with Crippen molar-refractivity contribution in [3.63, 3.8) is 0 Å². The first kappa shape index (κ1) is 12.2. The fourth-order valence-corrected chi connectivity index (χ4v) is 2.57. The highest BCUT2D eigenvalue weighted by molar-refractivity contribution is 5.74. The van der Waals surface area contributed by atoms with E-state index in [4.69, 9.17) is 10.5 Å². The summed E-state index contributed by atoms with van der Waals surface area (Å²) in [5.41, 5.74) is 9.01. The zero-order chi connectivity index (χ0) is 13.2. The van der Waals surface area contributed by atoms with Crippen molar-refractivity contribution in [2.45, 2.75) is 18.8 Å². The molecule has 0 radical (unpaired) electrons. The van der Waals surface area contributed by atoms with Crippen LogP contribution >= 0.6 is 0 Å². The van der Waals surface area contributed by atoms with Gasteiger partial charge in [-0.3, -0.25) is 9.67 Å². The maximum Gasteiger partial charge on any atom is 0.131 e. The van der Waals surface area contributed by atoms with Crippen LogP contribution in [0.3, 0.4) is 0 Å². The van der Waals surface area contributed by atoms with Crippen molar-refractivity contribution in [3.05, 3.63) is 30.1 Å². The molecule has 1 aliphatic heterocycles. The van der Waals surface area contributed by atoms with Crippen LogP contribution in [0.5, 0.6) is 0 Å². The van der Waals surface area contributed by atoms with Crippen molar-refractivity contribution >= 4 is 5.82 Å². The molecule has 0 aliphatic carbocycles. The van der Waals surface area contributed by atoms with Gasteiger partial charge in [0.25, 0.3) is 0 Å². The predicted octanol–water partition coefficient (Wildman–Crippen LogP) is 1.96. The van der Waals surface area contributed by atoms with Gasteiger partial charge in [-0.2, -0.15) is 5.10 Å². The van der Waals surface area contributed by atoms with E-state index in [9.17, 15) is 0 Å². The van der Waals surface area contributed by atoms with Crippen LogP contribution in [0, 0.1) is 0 Å². The summed E-state index contributed by atoms with van der Waals surface area (Å²) in [6, 6.07) is 5.84. The van der Waals surface area contributed by atoms with Crippen molar-refractivity contribution in [1.82, 2.24) is 14.8 Å². The number of ether oxygens (including phenoxy) is 1. The molecule has 2 aromatic heterocycles. The monoisotopic (exact) mass is 258 g/mol. The fraction of sp³-hybridized carbons (Fsp3) is 0.429. The molecule has 1 unspecified atom stereocenters. The second-order valence-electron chi connectivity index (χ2n) is 4.90. The molecule has 100 valence electrons. The van der Waals surface area contributed by atoms with Gasteiger partial charge in [0, 0.05) is 25.8 Å². The van der Waals surface area contributed by atoms with Crippen molar-refractivity contribution in [2.24, 2.45) is 7.05 Å². The number of rotatable bonds is 2. The molecule has 3 heterocycles. The summed E-state index contributed by atoms with van der Waals surface area (Å²) in [6.45, 7) is 1.56. The van der Waals surface area contributed by atoms with Crippen molar-refractivity contribution in [2.75, 3.05) is 18.9 Å². The number of aromatic nitrogens is 3. The average molecular weight is 258 g/mol. The minimum absolute atomic E-state index is 0.314. The molecule has 0 aromatic carbocycles. The maximum absolute atomic E-state index is 6.16. The van der Waals surface area contributed by atoms with Gasteiger partial charge in [0.2, 0.25) is 0 Å².